The predicted octanol–water partition coefficient (Wildman–Crippen LogP) is 6.28. The maximum atomic E-state index is 12.3. The molecule has 0 fully saturated rings. The van der Waals surface area contributed by atoms with Crippen molar-refractivity contribution in [3.63, 3.8) is 0 Å². The Bertz CT molecular complexity index is 707. The zero-order valence-corrected chi connectivity index (χ0v) is 18.0. The van der Waals surface area contributed by atoms with Gasteiger partial charge >= 0.3 is 5.97 Å². The zero-order valence-electron chi connectivity index (χ0n) is 18.0. The molecular formula is C25H34O4. The van der Waals surface area contributed by atoms with Crippen molar-refractivity contribution >= 4 is 5.97 Å². The van der Waals surface area contributed by atoms with Crippen molar-refractivity contribution in [2.24, 2.45) is 0 Å². The van der Waals surface area contributed by atoms with E-state index in [-0.39, 0.29) is 12.1 Å². The highest BCUT2D eigenvalue weighted by molar-refractivity contribution is 5.90. The van der Waals surface area contributed by atoms with Crippen LogP contribution in [0, 0.1) is 0 Å². The molecule has 0 bridgehead atoms. The van der Waals surface area contributed by atoms with Gasteiger partial charge in [0.25, 0.3) is 0 Å². The van der Waals surface area contributed by atoms with Crippen LogP contribution in [0.3, 0.4) is 0 Å². The van der Waals surface area contributed by atoms with Crippen LogP contribution < -0.4 is 4.74 Å². The Hall–Kier alpha value is -2.33. The molecule has 4 heteroatoms. The molecule has 2 aromatic rings. The van der Waals surface area contributed by atoms with E-state index in [0.717, 1.165) is 42.7 Å². The van der Waals surface area contributed by atoms with Crippen molar-refractivity contribution in [2.75, 3.05) is 19.8 Å². The molecule has 4 nitrogen and oxygen atoms in total. The SMILES string of the molecule is CCCCCOc1ccc(-c2ccc(C(=O)OC(C)COCCCC)cc2)cc1. The molecule has 0 aliphatic heterocycles. The molecule has 0 heterocycles. The Labute approximate surface area is 175 Å². The average Bonchev–Trinajstić information content (AvgIpc) is 2.75. The van der Waals surface area contributed by atoms with E-state index < -0.39 is 0 Å². The minimum absolute atomic E-state index is 0.260. The molecule has 0 radical (unpaired) electrons. The van der Waals surface area contributed by atoms with Crippen molar-refractivity contribution < 1.29 is 19.0 Å². The third-order valence-corrected chi connectivity index (χ3v) is 4.63. The lowest BCUT2D eigenvalue weighted by Crippen LogP contribution is -2.20. The summed E-state index contributed by atoms with van der Waals surface area (Å²) in [7, 11) is 0. The average molecular weight is 399 g/mol. The summed E-state index contributed by atoms with van der Waals surface area (Å²) in [5.74, 6) is 0.569. The summed E-state index contributed by atoms with van der Waals surface area (Å²) in [4.78, 5) is 12.3. The second-order valence-corrected chi connectivity index (χ2v) is 7.30. The van der Waals surface area contributed by atoms with Crippen LogP contribution in [0.15, 0.2) is 48.5 Å². The Balaban J connectivity index is 1.85. The number of rotatable bonds is 13. The minimum Gasteiger partial charge on any atom is -0.494 e. The number of ether oxygens (including phenoxy) is 3. The highest BCUT2D eigenvalue weighted by atomic mass is 16.6. The van der Waals surface area contributed by atoms with Gasteiger partial charge in [-0.05, 0) is 55.2 Å². The fourth-order valence-electron chi connectivity index (χ4n) is 2.86. The summed E-state index contributed by atoms with van der Waals surface area (Å²) in [5, 5.41) is 0. The lowest BCUT2D eigenvalue weighted by molar-refractivity contribution is 0.00169. The van der Waals surface area contributed by atoms with Crippen LogP contribution in [0.4, 0.5) is 0 Å². The van der Waals surface area contributed by atoms with Crippen LogP contribution in [0.5, 0.6) is 5.75 Å². The number of carbonyl (C=O) groups is 1. The molecule has 0 spiro atoms. The quantitative estimate of drug-likeness (QED) is 0.294. The molecule has 0 aliphatic carbocycles. The lowest BCUT2D eigenvalue weighted by atomic mass is 10.0. The normalized spacial score (nSPS) is 11.8. The smallest absolute Gasteiger partial charge is 0.338 e. The number of hydrogen-bond acceptors (Lipinski definition) is 4. The summed E-state index contributed by atoms with van der Waals surface area (Å²) in [6, 6.07) is 15.5. The van der Waals surface area contributed by atoms with Crippen molar-refractivity contribution in [3.05, 3.63) is 54.1 Å². The second kappa shape index (κ2) is 13.0. The van der Waals surface area contributed by atoms with E-state index in [1.807, 2.05) is 43.3 Å². The molecule has 1 atom stereocenters. The zero-order chi connectivity index (χ0) is 20.9. The van der Waals surface area contributed by atoms with E-state index >= 15 is 0 Å². The van der Waals surface area contributed by atoms with E-state index in [4.69, 9.17) is 14.2 Å². The number of unbranched alkanes of at least 4 members (excludes halogenated alkanes) is 3. The Morgan fingerprint density at radius 2 is 1.45 bits per heavy atom. The van der Waals surface area contributed by atoms with Crippen LogP contribution in [0.25, 0.3) is 11.1 Å². The van der Waals surface area contributed by atoms with Crippen molar-refractivity contribution in [3.8, 4) is 16.9 Å². The maximum absolute atomic E-state index is 12.3. The van der Waals surface area contributed by atoms with E-state index in [1.165, 1.54) is 12.8 Å². The van der Waals surface area contributed by atoms with Gasteiger partial charge in [-0.15, -0.1) is 0 Å². The number of esters is 1. The molecule has 0 aliphatic rings. The first-order valence-corrected chi connectivity index (χ1v) is 10.8. The third kappa shape index (κ3) is 8.28. The van der Waals surface area contributed by atoms with E-state index in [9.17, 15) is 4.79 Å². The van der Waals surface area contributed by atoms with Gasteiger partial charge in [0.1, 0.15) is 11.9 Å². The molecule has 0 saturated carbocycles. The maximum Gasteiger partial charge on any atom is 0.338 e. The van der Waals surface area contributed by atoms with Gasteiger partial charge in [0.2, 0.25) is 0 Å². The fraction of sp³-hybridized carbons (Fsp3) is 0.480. The molecule has 0 aromatic heterocycles. The van der Waals surface area contributed by atoms with Gasteiger partial charge in [-0.3, -0.25) is 0 Å². The summed E-state index contributed by atoms with van der Waals surface area (Å²) < 4.78 is 16.7. The second-order valence-electron chi connectivity index (χ2n) is 7.30. The summed E-state index contributed by atoms with van der Waals surface area (Å²) in [5.41, 5.74) is 2.68. The van der Waals surface area contributed by atoms with Gasteiger partial charge in [-0.2, -0.15) is 0 Å². The molecule has 29 heavy (non-hydrogen) atoms. The Morgan fingerprint density at radius 3 is 2.07 bits per heavy atom. The van der Waals surface area contributed by atoms with Crippen LogP contribution in [-0.4, -0.2) is 31.9 Å². The largest absolute Gasteiger partial charge is 0.494 e. The van der Waals surface area contributed by atoms with E-state index in [2.05, 4.69) is 13.8 Å². The van der Waals surface area contributed by atoms with Crippen LogP contribution in [-0.2, 0) is 9.47 Å². The van der Waals surface area contributed by atoms with Crippen molar-refractivity contribution in [1.29, 1.82) is 0 Å². The molecular weight excluding hydrogens is 364 g/mol. The number of carbonyl (C=O) groups excluding carboxylic acids is 1. The van der Waals surface area contributed by atoms with Crippen LogP contribution in [0.1, 0.15) is 63.2 Å². The predicted molar refractivity (Wildman–Crippen MR) is 118 cm³/mol. The lowest BCUT2D eigenvalue weighted by Gasteiger charge is -2.14. The summed E-state index contributed by atoms with van der Waals surface area (Å²) >= 11 is 0. The van der Waals surface area contributed by atoms with Gasteiger partial charge in [0.15, 0.2) is 0 Å². The van der Waals surface area contributed by atoms with Crippen LogP contribution in [0.2, 0.25) is 0 Å². The molecule has 2 aromatic carbocycles. The first-order valence-electron chi connectivity index (χ1n) is 10.8. The number of hydrogen-bond donors (Lipinski definition) is 0. The molecule has 0 saturated heterocycles. The first-order chi connectivity index (χ1) is 14.1. The topological polar surface area (TPSA) is 44.8 Å². The summed E-state index contributed by atoms with van der Waals surface area (Å²) in [6.07, 6.45) is 5.32. The van der Waals surface area contributed by atoms with Gasteiger partial charge < -0.3 is 14.2 Å². The van der Waals surface area contributed by atoms with E-state index in [1.54, 1.807) is 12.1 Å². The third-order valence-electron chi connectivity index (χ3n) is 4.63. The van der Waals surface area contributed by atoms with Crippen molar-refractivity contribution in [2.45, 2.75) is 59.0 Å². The minimum atomic E-state index is -0.320. The van der Waals surface area contributed by atoms with E-state index in [0.29, 0.717) is 18.8 Å². The Kier molecular flexibility index (Phi) is 10.3. The first kappa shape index (κ1) is 23.0. The fourth-order valence-corrected chi connectivity index (χ4v) is 2.86. The molecule has 158 valence electrons. The standard InChI is InChI=1S/C25H34O4/c1-4-6-8-18-28-24-15-13-22(14-16-24)21-9-11-23(12-10-21)25(26)29-20(3)19-27-17-7-5-2/h9-16,20H,4-8,17-19H2,1-3H3. The number of benzene rings is 2. The monoisotopic (exact) mass is 398 g/mol. The summed E-state index contributed by atoms with van der Waals surface area (Å²) in [6.45, 7) is 8.04. The molecule has 0 N–H and O–H groups in total. The molecule has 1 unspecified atom stereocenters. The van der Waals surface area contributed by atoms with Gasteiger partial charge in [-0.25, -0.2) is 4.79 Å². The highest BCUT2D eigenvalue weighted by Gasteiger charge is 2.12. The van der Waals surface area contributed by atoms with Crippen molar-refractivity contribution in [1.82, 2.24) is 0 Å². The van der Waals surface area contributed by atoms with Gasteiger partial charge in [0.05, 0.1) is 18.8 Å². The van der Waals surface area contributed by atoms with Crippen LogP contribution >= 0.6 is 0 Å². The molecule has 0 amide bonds. The highest BCUT2D eigenvalue weighted by Crippen LogP contribution is 2.23. The van der Waals surface area contributed by atoms with Gasteiger partial charge in [0, 0.05) is 6.61 Å². The Morgan fingerprint density at radius 1 is 0.828 bits per heavy atom. The molecule has 2 rings (SSSR count). The van der Waals surface area contributed by atoms with Gasteiger partial charge in [-0.1, -0.05) is 57.4 Å².